The van der Waals surface area contributed by atoms with Crippen molar-refractivity contribution in [1.29, 1.82) is 0 Å². The minimum atomic E-state index is -0.366. The van der Waals surface area contributed by atoms with Crippen molar-refractivity contribution in [2.24, 2.45) is 5.10 Å². The summed E-state index contributed by atoms with van der Waals surface area (Å²) in [5.41, 5.74) is 4.22. The van der Waals surface area contributed by atoms with E-state index in [1.165, 1.54) is 6.21 Å². The van der Waals surface area contributed by atoms with E-state index >= 15 is 0 Å². The lowest BCUT2D eigenvalue weighted by Crippen LogP contribution is -3.00. The topological polar surface area (TPSA) is 80.9 Å². The van der Waals surface area contributed by atoms with Gasteiger partial charge in [0.2, 0.25) is 12.3 Å². The molecule has 160 valence electrons. The van der Waals surface area contributed by atoms with Crippen LogP contribution in [0.15, 0.2) is 78.2 Å². The first-order chi connectivity index (χ1) is 14.6. The maximum atomic E-state index is 12.3. The van der Waals surface area contributed by atoms with E-state index in [-0.39, 0.29) is 30.6 Å². The van der Waals surface area contributed by atoms with Crippen LogP contribution in [0.2, 0.25) is 0 Å². The van der Waals surface area contributed by atoms with Gasteiger partial charge in [0, 0.05) is 23.3 Å². The van der Waals surface area contributed by atoms with E-state index in [1.54, 1.807) is 73.6 Å². The first kappa shape index (κ1) is 23.6. The smallest absolute Gasteiger partial charge is 0.271 e. The van der Waals surface area contributed by atoms with Crippen LogP contribution in [0.5, 0.6) is 11.5 Å². The zero-order valence-corrected chi connectivity index (χ0v) is 17.9. The lowest BCUT2D eigenvalue weighted by molar-refractivity contribution is -0.683. The number of hydrogen-bond acceptors (Lipinski definition) is 5. The molecule has 0 aliphatic heterocycles. The van der Waals surface area contributed by atoms with Crippen LogP contribution in [0.25, 0.3) is 0 Å². The minimum Gasteiger partial charge on any atom is -1.00 e. The fraction of sp³-hybridized carbons (Fsp3) is 0.130. The van der Waals surface area contributed by atoms with Crippen LogP contribution >= 0.6 is 0 Å². The highest BCUT2D eigenvalue weighted by Gasteiger charge is 2.13. The van der Waals surface area contributed by atoms with Gasteiger partial charge < -0.3 is 21.9 Å². The molecular weight excluding hydrogens is 418 g/mol. The fourth-order valence-corrected chi connectivity index (χ4v) is 2.76. The first-order valence-corrected chi connectivity index (χ1v) is 9.23. The molecule has 0 atom stereocenters. The van der Waals surface area contributed by atoms with E-state index in [4.69, 9.17) is 9.47 Å². The van der Waals surface area contributed by atoms with Gasteiger partial charge in [0.05, 0.1) is 26.0 Å². The second-order valence-corrected chi connectivity index (χ2v) is 6.36. The van der Waals surface area contributed by atoms with Crippen molar-refractivity contribution in [3.05, 3.63) is 89.7 Å². The third kappa shape index (κ3) is 6.38. The van der Waals surface area contributed by atoms with Crippen LogP contribution in [0, 0.1) is 0 Å². The first-order valence-electron chi connectivity index (χ1n) is 9.23. The Morgan fingerprint density at radius 2 is 1.68 bits per heavy atom. The van der Waals surface area contributed by atoms with Crippen LogP contribution < -0.4 is 31.9 Å². The monoisotopic (exact) mass is 439 g/mol. The number of halogens is 1. The summed E-state index contributed by atoms with van der Waals surface area (Å²) in [5.74, 6) is 0.892. The van der Waals surface area contributed by atoms with Gasteiger partial charge in [-0.1, -0.05) is 30.3 Å². The van der Waals surface area contributed by atoms with Crippen LogP contribution in [0.3, 0.4) is 0 Å². The molecule has 0 aliphatic carbocycles. The summed E-state index contributed by atoms with van der Waals surface area (Å²) < 4.78 is 12.2. The lowest BCUT2D eigenvalue weighted by Gasteiger charge is -2.06. The molecule has 0 spiro atoms. The number of hydrazone groups is 1. The third-order valence-corrected chi connectivity index (χ3v) is 4.38. The molecule has 8 heteroatoms. The summed E-state index contributed by atoms with van der Waals surface area (Å²) in [7, 11) is 3.12. The number of hydrogen-bond donors (Lipinski definition) is 1. The predicted octanol–water partition coefficient (Wildman–Crippen LogP) is -0.358. The Bertz CT molecular complexity index is 1050. The largest absolute Gasteiger partial charge is 1.00 e. The van der Waals surface area contributed by atoms with Crippen molar-refractivity contribution in [2.45, 2.75) is 6.54 Å². The van der Waals surface area contributed by atoms with Crippen molar-refractivity contribution in [1.82, 2.24) is 5.43 Å². The normalized spacial score (nSPS) is 10.3. The molecule has 1 N–H and O–H groups in total. The number of Topliss-reactive ketones (excluding diaryl/α,β-unsaturated/α-hetero) is 1. The van der Waals surface area contributed by atoms with Crippen molar-refractivity contribution in [3.8, 4) is 11.5 Å². The molecule has 2 aromatic carbocycles. The molecule has 1 aromatic heterocycles. The Morgan fingerprint density at radius 3 is 2.32 bits per heavy atom. The Morgan fingerprint density at radius 1 is 0.968 bits per heavy atom. The zero-order chi connectivity index (χ0) is 21.3. The lowest BCUT2D eigenvalue weighted by atomic mass is 10.1. The van der Waals surface area contributed by atoms with E-state index in [0.29, 0.717) is 28.2 Å². The average molecular weight is 440 g/mol. The molecule has 3 rings (SSSR count). The fourth-order valence-electron chi connectivity index (χ4n) is 2.76. The number of pyridine rings is 1. The summed E-state index contributed by atoms with van der Waals surface area (Å²) in [4.78, 5) is 24.6. The number of amides is 1. The standard InChI is InChI=1S/C23H21N3O4.ClH/c1-29-20-8-9-22(30-2)19(14-20)15-24-25-23(28)18-10-12-26(13-11-18)16-21(27)17-6-4-3-5-7-17;/h3-15H,16H2,1-2H3;1H. The molecule has 0 aliphatic rings. The van der Waals surface area contributed by atoms with Crippen LogP contribution in [-0.4, -0.2) is 32.1 Å². The number of benzene rings is 2. The highest BCUT2D eigenvalue weighted by atomic mass is 35.5. The Hall–Kier alpha value is -3.71. The number of aromatic nitrogens is 1. The summed E-state index contributed by atoms with van der Waals surface area (Å²) in [6.07, 6.45) is 4.86. The van der Waals surface area contributed by atoms with E-state index in [2.05, 4.69) is 10.5 Å². The number of carbonyl (C=O) groups is 2. The summed E-state index contributed by atoms with van der Waals surface area (Å²) in [6.45, 7) is 0.194. The number of ketones is 1. The van der Waals surface area contributed by atoms with Crippen LogP contribution in [0.4, 0.5) is 0 Å². The summed E-state index contributed by atoms with van der Waals surface area (Å²) in [5, 5.41) is 3.99. The van der Waals surface area contributed by atoms with Gasteiger partial charge in [0.25, 0.3) is 5.91 Å². The number of nitrogens with zero attached hydrogens (tertiary/aromatic N) is 2. The molecule has 3 aromatic rings. The molecule has 0 saturated heterocycles. The quantitative estimate of drug-likeness (QED) is 0.225. The van der Waals surface area contributed by atoms with E-state index in [9.17, 15) is 9.59 Å². The Balaban J connectivity index is 0.00000341. The number of ether oxygens (including phenoxy) is 2. The van der Waals surface area contributed by atoms with Crippen molar-refractivity contribution in [3.63, 3.8) is 0 Å². The molecule has 31 heavy (non-hydrogen) atoms. The van der Waals surface area contributed by atoms with Crippen LogP contribution in [0.1, 0.15) is 26.3 Å². The zero-order valence-electron chi connectivity index (χ0n) is 17.1. The van der Waals surface area contributed by atoms with E-state index < -0.39 is 0 Å². The molecule has 0 radical (unpaired) electrons. The number of nitrogens with one attached hydrogen (secondary N) is 1. The predicted molar refractivity (Wildman–Crippen MR) is 112 cm³/mol. The maximum Gasteiger partial charge on any atom is 0.271 e. The maximum absolute atomic E-state index is 12.3. The molecule has 0 unspecified atom stereocenters. The Labute approximate surface area is 186 Å². The van der Waals surface area contributed by atoms with Gasteiger partial charge in [-0.2, -0.15) is 9.67 Å². The van der Waals surface area contributed by atoms with Gasteiger partial charge in [0.1, 0.15) is 11.5 Å². The minimum absolute atomic E-state index is 0. The van der Waals surface area contributed by atoms with Gasteiger partial charge in [-0.25, -0.2) is 5.43 Å². The number of methoxy groups -OCH3 is 2. The SMILES string of the molecule is COc1ccc(OC)c(/C=N/NC(=O)c2cc[n+](CC(=O)c3ccccc3)cc2)c1.[Cl-]. The summed E-state index contributed by atoms with van der Waals surface area (Å²) >= 11 is 0. The second-order valence-electron chi connectivity index (χ2n) is 6.36. The van der Waals surface area contributed by atoms with Crippen molar-refractivity contribution in [2.75, 3.05) is 14.2 Å². The van der Waals surface area contributed by atoms with E-state index in [1.807, 2.05) is 18.2 Å². The number of carbonyl (C=O) groups excluding carboxylic acids is 2. The molecule has 0 saturated carbocycles. The molecule has 1 heterocycles. The van der Waals surface area contributed by atoms with Gasteiger partial charge in [-0.05, 0) is 18.2 Å². The second kappa shape index (κ2) is 11.5. The van der Waals surface area contributed by atoms with Crippen molar-refractivity contribution < 1.29 is 36.0 Å². The van der Waals surface area contributed by atoms with Gasteiger partial charge >= 0.3 is 0 Å². The number of rotatable bonds is 8. The van der Waals surface area contributed by atoms with Gasteiger partial charge in [-0.3, -0.25) is 9.59 Å². The molecule has 0 fully saturated rings. The summed E-state index contributed by atoms with van der Waals surface area (Å²) in [6, 6.07) is 17.6. The average Bonchev–Trinajstić information content (AvgIpc) is 2.80. The molecule has 7 nitrogen and oxygen atoms in total. The van der Waals surface area contributed by atoms with Crippen LogP contribution in [-0.2, 0) is 6.54 Å². The highest BCUT2D eigenvalue weighted by molar-refractivity contribution is 5.95. The molecule has 1 amide bonds. The third-order valence-electron chi connectivity index (χ3n) is 4.38. The highest BCUT2D eigenvalue weighted by Crippen LogP contribution is 2.22. The van der Waals surface area contributed by atoms with Gasteiger partial charge in [0.15, 0.2) is 12.4 Å². The van der Waals surface area contributed by atoms with E-state index in [0.717, 1.165) is 0 Å². The molecular formula is C23H22ClN3O4. The molecule has 0 bridgehead atoms. The van der Waals surface area contributed by atoms with Gasteiger partial charge in [-0.15, -0.1) is 0 Å². The van der Waals surface area contributed by atoms with Crippen molar-refractivity contribution >= 4 is 17.9 Å². The Kier molecular flexibility index (Phi) is 8.72.